The van der Waals surface area contributed by atoms with Crippen molar-refractivity contribution in [3.8, 4) is 11.9 Å². The van der Waals surface area contributed by atoms with Gasteiger partial charge in [0.1, 0.15) is 18.0 Å². The van der Waals surface area contributed by atoms with Crippen LogP contribution in [0.3, 0.4) is 0 Å². The zero-order chi connectivity index (χ0) is 17.1. The number of ether oxygens (including phenoxy) is 1. The van der Waals surface area contributed by atoms with Gasteiger partial charge >= 0.3 is 0 Å². The Labute approximate surface area is 145 Å². The lowest BCUT2D eigenvalue weighted by Crippen LogP contribution is -2.29. The number of benzene rings is 1. The molecular weight excluding hydrogens is 329 g/mol. The van der Waals surface area contributed by atoms with Crippen molar-refractivity contribution in [2.75, 3.05) is 13.1 Å². The van der Waals surface area contributed by atoms with Gasteiger partial charge in [-0.1, -0.05) is 17.7 Å². The van der Waals surface area contributed by atoms with Gasteiger partial charge in [0, 0.05) is 37.2 Å². The summed E-state index contributed by atoms with van der Waals surface area (Å²) in [6, 6.07) is 10.3. The van der Waals surface area contributed by atoms with Crippen molar-refractivity contribution < 1.29 is 9.13 Å². The quantitative estimate of drug-likeness (QED) is 0.921. The number of halogens is 2. The van der Waals surface area contributed by atoms with E-state index in [9.17, 15) is 4.39 Å². The third-order valence-corrected chi connectivity index (χ3v) is 4.70. The SMILES string of the molecule is C[C@H](Oc1ccc(C#N)cn1)[C@H]1CNC[C@@H]1c1ccc(F)c(Cl)c1. The molecule has 2 aromatic rings. The average Bonchev–Trinajstić information content (AvgIpc) is 3.08. The minimum Gasteiger partial charge on any atom is -0.474 e. The summed E-state index contributed by atoms with van der Waals surface area (Å²) in [7, 11) is 0. The molecule has 0 bridgehead atoms. The Bertz CT molecular complexity index is 760. The highest BCUT2D eigenvalue weighted by Crippen LogP contribution is 2.33. The van der Waals surface area contributed by atoms with Crippen LogP contribution in [0.15, 0.2) is 36.5 Å². The molecule has 1 aromatic carbocycles. The first-order valence-electron chi connectivity index (χ1n) is 7.77. The predicted molar refractivity (Wildman–Crippen MR) is 89.6 cm³/mol. The van der Waals surface area contributed by atoms with Crippen molar-refractivity contribution >= 4 is 11.6 Å². The van der Waals surface area contributed by atoms with E-state index in [0.29, 0.717) is 11.4 Å². The number of nitriles is 1. The molecule has 124 valence electrons. The molecule has 1 aliphatic rings. The third-order valence-electron chi connectivity index (χ3n) is 4.41. The van der Waals surface area contributed by atoms with E-state index in [1.165, 1.54) is 12.3 Å². The molecule has 0 saturated carbocycles. The van der Waals surface area contributed by atoms with E-state index >= 15 is 0 Å². The maximum absolute atomic E-state index is 13.4. The number of nitrogens with one attached hydrogen (secondary N) is 1. The van der Waals surface area contributed by atoms with E-state index in [1.54, 1.807) is 24.3 Å². The van der Waals surface area contributed by atoms with Crippen LogP contribution in [0.2, 0.25) is 5.02 Å². The van der Waals surface area contributed by atoms with Crippen molar-refractivity contribution in [1.29, 1.82) is 5.26 Å². The van der Waals surface area contributed by atoms with Crippen molar-refractivity contribution in [3.05, 3.63) is 58.5 Å². The summed E-state index contributed by atoms with van der Waals surface area (Å²) in [5.74, 6) is 0.485. The first-order valence-corrected chi connectivity index (χ1v) is 8.14. The zero-order valence-corrected chi connectivity index (χ0v) is 13.9. The molecule has 3 atom stereocenters. The average molecular weight is 346 g/mol. The second kappa shape index (κ2) is 7.16. The summed E-state index contributed by atoms with van der Waals surface area (Å²) in [6.45, 7) is 3.59. The van der Waals surface area contributed by atoms with Crippen molar-refractivity contribution in [1.82, 2.24) is 10.3 Å². The minimum absolute atomic E-state index is 0.0886. The van der Waals surface area contributed by atoms with Gasteiger partial charge < -0.3 is 10.1 Å². The molecule has 4 nitrogen and oxygen atoms in total. The van der Waals surface area contributed by atoms with Crippen LogP contribution in [-0.2, 0) is 0 Å². The van der Waals surface area contributed by atoms with Gasteiger partial charge in [-0.05, 0) is 30.7 Å². The molecular formula is C18H17ClFN3O. The monoisotopic (exact) mass is 345 g/mol. The molecule has 24 heavy (non-hydrogen) atoms. The van der Waals surface area contributed by atoms with Crippen LogP contribution in [-0.4, -0.2) is 24.2 Å². The highest BCUT2D eigenvalue weighted by molar-refractivity contribution is 6.30. The van der Waals surface area contributed by atoms with E-state index in [0.717, 1.165) is 18.7 Å². The molecule has 1 N–H and O–H groups in total. The Balaban J connectivity index is 1.74. The maximum Gasteiger partial charge on any atom is 0.213 e. The molecule has 2 heterocycles. The smallest absolute Gasteiger partial charge is 0.213 e. The van der Waals surface area contributed by atoms with Crippen LogP contribution in [0.1, 0.15) is 24.0 Å². The fourth-order valence-electron chi connectivity index (χ4n) is 3.09. The number of aromatic nitrogens is 1. The number of hydrogen-bond acceptors (Lipinski definition) is 4. The second-order valence-corrected chi connectivity index (χ2v) is 6.33. The van der Waals surface area contributed by atoms with Gasteiger partial charge in [0.05, 0.1) is 10.6 Å². The second-order valence-electron chi connectivity index (χ2n) is 5.92. The minimum atomic E-state index is -0.408. The lowest BCUT2D eigenvalue weighted by molar-refractivity contribution is 0.145. The van der Waals surface area contributed by atoms with Crippen LogP contribution in [0.25, 0.3) is 0 Å². The van der Waals surface area contributed by atoms with Gasteiger partial charge in [0.25, 0.3) is 0 Å². The largest absolute Gasteiger partial charge is 0.474 e. The summed E-state index contributed by atoms with van der Waals surface area (Å²) in [4.78, 5) is 4.15. The van der Waals surface area contributed by atoms with E-state index < -0.39 is 5.82 Å². The fourth-order valence-corrected chi connectivity index (χ4v) is 3.28. The van der Waals surface area contributed by atoms with Crippen molar-refractivity contribution in [2.24, 2.45) is 5.92 Å². The molecule has 3 rings (SSSR count). The van der Waals surface area contributed by atoms with E-state index in [4.69, 9.17) is 21.6 Å². The topological polar surface area (TPSA) is 57.9 Å². The Morgan fingerprint density at radius 3 is 2.88 bits per heavy atom. The van der Waals surface area contributed by atoms with Crippen LogP contribution < -0.4 is 10.1 Å². The third kappa shape index (κ3) is 3.50. The normalized spacial score (nSPS) is 21.2. The maximum atomic E-state index is 13.4. The van der Waals surface area contributed by atoms with E-state index in [1.807, 2.05) is 13.0 Å². The summed E-state index contributed by atoms with van der Waals surface area (Å²) in [5.41, 5.74) is 1.50. The zero-order valence-electron chi connectivity index (χ0n) is 13.2. The lowest BCUT2D eigenvalue weighted by atomic mass is 9.85. The van der Waals surface area contributed by atoms with E-state index in [2.05, 4.69) is 10.3 Å². The van der Waals surface area contributed by atoms with E-state index in [-0.39, 0.29) is 23.0 Å². The molecule has 1 fully saturated rings. The molecule has 0 amide bonds. The van der Waals surface area contributed by atoms with Crippen LogP contribution in [0, 0.1) is 23.1 Å². The molecule has 1 aliphatic heterocycles. The van der Waals surface area contributed by atoms with Crippen molar-refractivity contribution in [2.45, 2.75) is 18.9 Å². The van der Waals surface area contributed by atoms with Crippen LogP contribution >= 0.6 is 11.6 Å². The van der Waals surface area contributed by atoms with Gasteiger partial charge in [-0.25, -0.2) is 9.37 Å². The van der Waals surface area contributed by atoms with Crippen LogP contribution in [0.5, 0.6) is 5.88 Å². The highest BCUT2D eigenvalue weighted by Gasteiger charge is 2.34. The Morgan fingerprint density at radius 1 is 1.38 bits per heavy atom. The molecule has 0 spiro atoms. The standard InChI is InChI=1S/C18H17ClFN3O/c1-11(24-18-5-2-12(7-21)8-23-18)14-9-22-10-15(14)13-3-4-17(20)16(19)6-13/h2-6,8,11,14-15,22H,9-10H2,1H3/t11-,14+,15+/m0/s1. The first-order chi connectivity index (χ1) is 11.6. The Hall–Kier alpha value is -2.16. The first kappa shape index (κ1) is 16.7. The van der Waals surface area contributed by atoms with Gasteiger partial charge in [-0.2, -0.15) is 5.26 Å². The predicted octanol–water partition coefficient (Wildman–Crippen LogP) is 3.52. The van der Waals surface area contributed by atoms with Gasteiger partial charge in [0.15, 0.2) is 0 Å². The van der Waals surface area contributed by atoms with Gasteiger partial charge in [-0.15, -0.1) is 0 Å². The molecule has 0 unspecified atom stereocenters. The number of rotatable bonds is 4. The molecule has 6 heteroatoms. The Kier molecular flexibility index (Phi) is 4.98. The fraction of sp³-hybridized carbons (Fsp3) is 0.333. The highest BCUT2D eigenvalue weighted by atomic mass is 35.5. The summed E-state index contributed by atoms with van der Waals surface area (Å²) >= 11 is 5.91. The molecule has 0 aliphatic carbocycles. The van der Waals surface area contributed by atoms with Gasteiger partial charge in [0.2, 0.25) is 5.88 Å². The van der Waals surface area contributed by atoms with Crippen molar-refractivity contribution in [3.63, 3.8) is 0 Å². The lowest BCUT2D eigenvalue weighted by Gasteiger charge is -2.25. The summed E-state index contributed by atoms with van der Waals surface area (Å²) < 4.78 is 19.3. The summed E-state index contributed by atoms with van der Waals surface area (Å²) in [6.07, 6.45) is 1.40. The molecule has 1 saturated heterocycles. The molecule has 0 radical (unpaired) electrons. The Morgan fingerprint density at radius 2 is 2.21 bits per heavy atom. The summed E-state index contributed by atoms with van der Waals surface area (Å²) in [5, 5.41) is 12.3. The number of nitrogens with zero attached hydrogens (tertiary/aromatic N) is 2. The molecule has 1 aromatic heterocycles. The number of pyridine rings is 1. The van der Waals surface area contributed by atoms with Gasteiger partial charge in [-0.3, -0.25) is 0 Å². The number of hydrogen-bond donors (Lipinski definition) is 1. The van der Waals surface area contributed by atoms with Crippen LogP contribution in [0.4, 0.5) is 4.39 Å².